The molecule has 0 bridgehead atoms. The zero-order valence-electron chi connectivity index (χ0n) is 10.6. The third-order valence-corrected chi connectivity index (χ3v) is 3.53. The van der Waals surface area contributed by atoms with E-state index in [1.165, 1.54) is 0 Å². The predicted molar refractivity (Wildman–Crippen MR) is 74.4 cm³/mol. The number of morpholine rings is 1. The van der Waals surface area contributed by atoms with Gasteiger partial charge in [0.2, 0.25) is 0 Å². The fraction of sp³-hybridized carbons (Fsp3) is 0.500. The van der Waals surface area contributed by atoms with E-state index in [-0.39, 0.29) is 11.7 Å². The molecule has 0 spiro atoms. The third kappa shape index (κ3) is 3.57. The van der Waals surface area contributed by atoms with Gasteiger partial charge < -0.3 is 4.74 Å². The van der Waals surface area contributed by atoms with Crippen LogP contribution in [0.15, 0.2) is 29.2 Å². The number of ether oxygens (including phenoxy) is 1. The Hall–Kier alpha value is -0.840. The number of hydrogen-bond acceptors (Lipinski definition) is 4. The monoisotopic (exact) mass is 265 g/mol. The first kappa shape index (κ1) is 13.6. The van der Waals surface area contributed by atoms with Crippen LogP contribution in [0.2, 0.25) is 0 Å². The third-order valence-electron chi connectivity index (χ3n) is 3.24. The average Bonchev–Trinajstić information content (AvgIpc) is 2.40. The summed E-state index contributed by atoms with van der Waals surface area (Å²) in [4.78, 5) is 15.4. The van der Waals surface area contributed by atoms with Crippen molar-refractivity contribution in [2.75, 3.05) is 32.8 Å². The zero-order valence-corrected chi connectivity index (χ0v) is 11.5. The van der Waals surface area contributed by atoms with Crippen molar-refractivity contribution < 1.29 is 9.53 Å². The first-order valence-electron chi connectivity index (χ1n) is 6.30. The summed E-state index contributed by atoms with van der Waals surface area (Å²) in [5, 5.41) is 0. The Morgan fingerprint density at radius 1 is 1.33 bits per heavy atom. The van der Waals surface area contributed by atoms with E-state index in [1.807, 2.05) is 31.2 Å². The topological polar surface area (TPSA) is 29.5 Å². The summed E-state index contributed by atoms with van der Waals surface area (Å²) in [7, 11) is 0. The quantitative estimate of drug-likeness (QED) is 0.668. The van der Waals surface area contributed by atoms with Crippen LogP contribution in [-0.4, -0.2) is 43.5 Å². The van der Waals surface area contributed by atoms with E-state index >= 15 is 0 Å². The van der Waals surface area contributed by atoms with E-state index < -0.39 is 0 Å². The minimum Gasteiger partial charge on any atom is -0.379 e. The maximum atomic E-state index is 12.2. The summed E-state index contributed by atoms with van der Waals surface area (Å²) >= 11 is 4.22. The van der Waals surface area contributed by atoms with Crippen LogP contribution in [0, 0.1) is 5.92 Å². The van der Waals surface area contributed by atoms with Crippen molar-refractivity contribution in [3.8, 4) is 0 Å². The van der Waals surface area contributed by atoms with Gasteiger partial charge in [0.15, 0.2) is 5.78 Å². The number of carbonyl (C=O) groups excluding carboxylic acids is 1. The molecule has 0 saturated carbocycles. The van der Waals surface area contributed by atoms with Gasteiger partial charge in [-0.25, -0.2) is 0 Å². The summed E-state index contributed by atoms with van der Waals surface area (Å²) < 4.78 is 5.30. The number of Topliss-reactive ketones (excluding diaryl/α,β-unsaturated/α-hetero) is 1. The molecule has 18 heavy (non-hydrogen) atoms. The minimum atomic E-state index is 0.0221. The van der Waals surface area contributed by atoms with Gasteiger partial charge in [0.25, 0.3) is 0 Å². The molecule has 98 valence electrons. The fourth-order valence-corrected chi connectivity index (χ4v) is 2.31. The molecule has 0 N–H and O–H groups in total. The van der Waals surface area contributed by atoms with Crippen LogP contribution < -0.4 is 0 Å². The lowest BCUT2D eigenvalue weighted by Crippen LogP contribution is -2.40. The Balaban J connectivity index is 1.93. The Morgan fingerprint density at radius 2 is 1.94 bits per heavy atom. The summed E-state index contributed by atoms with van der Waals surface area (Å²) in [6.07, 6.45) is 0. The van der Waals surface area contributed by atoms with Crippen molar-refractivity contribution in [3.63, 3.8) is 0 Å². The molecule has 3 nitrogen and oxygen atoms in total. The molecule has 1 heterocycles. The lowest BCUT2D eigenvalue weighted by Gasteiger charge is -2.28. The fourth-order valence-electron chi connectivity index (χ4n) is 2.16. The second-order valence-electron chi connectivity index (χ2n) is 4.73. The molecule has 1 saturated heterocycles. The molecule has 0 amide bonds. The van der Waals surface area contributed by atoms with E-state index in [0.29, 0.717) is 0 Å². The number of ketones is 1. The maximum Gasteiger partial charge on any atom is 0.166 e. The van der Waals surface area contributed by atoms with Crippen molar-refractivity contribution in [1.29, 1.82) is 0 Å². The van der Waals surface area contributed by atoms with Gasteiger partial charge in [0, 0.05) is 36.0 Å². The molecule has 0 aromatic heterocycles. The van der Waals surface area contributed by atoms with Crippen molar-refractivity contribution in [2.45, 2.75) is 11.8 Å². The van der Waals surface area contributed by atoms with Crippen LogP contribution in [0.25, 0.3) is 0 Å². The Bertz CT molecular complexity index is 399. The number of thiol groups is 1. The minimum absolute atomic E-state index is 0.0221. The van der Waals surface area contributed by atoms with Gasteiger partial charge in [-0.15, -0.1) is 12.6 Å². The molecule has 1 aromatic rings. The molecule has 1 aliphatic heterocycles. The second kappa shape index (κ2) is 6.36. The number of nitrogens with zero attached hydrogens (tertiary/aromatic N) is 1. The van der Waals surface area contributed by atoms with Crippen LogP contribution >= 0.6 is 12.6 Å². The first-order chi connectivity index (χ1) is 8.66. The summed E-state index contributed by atoms with van der Waals surface area (Å²) in [5.41, 5.74) is 0.772. The standard InChI is InChI=1S/C14H19NO2S/c1-11(10-15-6-8-17-9-7-15)14(16)12-2-4-13(18)5-3-12/h2-5,11,18H,6-10H2,1H3. The van der Waals surface area contributed by atoms with Gasteiger partial charge in [0.1, 0.15) is 0 Å². The Kier molecular flexibility index (Phi) is 4.80. The molecular weight excluding hydrogens is 246 g/mol. The molecule has 2 rings (SSSR count). The number of hydrogen-bond donors (Lipinski definition) is 1. The highest BCUT2D eigenvalue weighted by Crippen LogP contribution is 2.14. The molecular formula is C14H19NO2S. The van der Waals surface area contributed by atoms with Crippen LogP contribution in [-0.2, 0) is 4.74 Å². The largest absolute Gasteiger partial charge is 0.379 e. The molecule has 0 radical (unpaired) electrons. The summed E-state index contributed by atoms with van der Waals surface area (Å²) in [5.74, 6) is 0.226. The van der Waals surface area contributed by atoms with E-state index in [1.54, 1.807) is 0 Å². The van der Waals surface area contributed by atoms with E-state index in [0.717, 1.165) is 43.3 Å². The molecule has 1 aromatic carbocycles. The molecule has 1 aliphatic rings. The average molecular weight is 265 g/mol. The lowest BCUT2D eigenvalue weighted by molar-refractivity contribution is 0.0313. The second-order valence-corrected chi connectivity index (χ2v) is 5.24. The van der Waals surface area contributed by atoms with Gasteiger partial charge in [-0.3, -0.25) is 9.69 Å². The lowest BCUT2D eigenvalue weighted by atomic mass is 9.99. The highest BCUT2D eigenvalue weighted by atomic mass is 32.1. The Labute approximate surface area is 114 Å². The van der Waals surface area contributed by atoms with Gasteiger partial charge >= 0.3 is 0 Å². The highest BCUT2D eigenvalue weighted by Gasteiger charge is 2.19. The van der Waals surface area contributed by atoms with Crippen LogP contribution in [0.4, 0.5) is 0 Å². The van der Waals surface area contributed by atoms with Crippen molar-refractivity contribution in [3.05, 3.63) is 29.8 Å². The van der Waals surface area contributed by atoms with Crippen LogP contribution in [0.3, 0.4) is 0 Å². The van der Waals surface area contributed by atoms with Crippen molar-refractivity contribution in [2.24, 2.45) is 5.92 Å². The van der Waals surface area contributed by atoms with Crippen molar-refractivity contribution >= 4 is 18.4 Å². The molecule has 1 unspecified atom stereocenters. The molecule has 1 fully saturated rings. The normalized spacial score (nSPS) is 18.6. The summed E-state index contributed by atoms with van der Waals surface area (Å²) in [6.45, 7) is 6.20. The van der Waals surface area contributed by atoms with Gasteiger partial charge in [-0.05, 0) is 12.1 Å². The van der Waals surface area contributed by atoms with Crippen LogP contribution in [0.5, 0.6) is 0 Å². The van der Waals surface area contributed by atoms with Crippen LogP contribution in [0.1, 0.15) is 17.3 Å². The number of rotatable bonds is 4. The maximum absolute atomic E-state index is 12.2. The van der Waals surface area contributed by atoms with Gasteiger partial charge in [-0.2, -0.15) is 0 Å². The van der Waals surface area contributed by atoms with E-state index in [2.05, 4.69) is 17.5 Å². The predicted octanol–water partition coefficient (Wildman–Crippen LogP) is 2.13. The SMILES string of the molecule is CC(CN1CCOCC1)C(=O)c1ccc(S)cc1. The summed E-state index contributed by atoms with van der Waals surface area (Å²) in [6, 6.07) is 7.41. The smallest absolute Gasteiger partial charge is 0.166 e. The number of benzene rings is 1. The molecule has 1 atom stereocenters. The molecule has 0 aliphatic carbocycles. The number of carbonyl (C=O) groups is 1. The van der Waals surface area contributed by atoms with Gasteiger partial charge in [0.05, 0.1) is 13.2 Å². The van der Waals surface area contributed by atoms with E-state index in [4.69, 9.17) is 4.74 Å². The highest BCUT2D eigenvalue weighted by molar-refractivity contribution is 7.80. The zero-order chi connectivity index (χ0) is 13.0. The van der Waals surface area contributed by atoms with Crippen molar-refractivity contribution in [1.82, 2.24) is 4.90 Å². The Morgan fingerprint density at radius 3 is 2.56 bits per heavy atom. The van der Waals surface area contributed by atoms with Gasteiger partial charge in [-0.1, -0.05) is 19.1 Å². The van der Waals surface area contributed by atoms with E-state index in [9.17, 15) is 4.79 Å². The molecule has 4 heteroatoms. The first-order valence-corrected chi connectivity index (χ1v) is 6.75.